The van der Waals surface area contributed by atoms with Crippen LogP contribution in [-0.4, -0.2) is 47.3 Å². The maximum atomic E-state index is 12.9. The van der Waals surface area contributed by atoms with Crippen LogP contribution in [0.1, 0.15) is 61.4 Å². The smallest absolute Gasteiger partial charge is 0.245 e. The molecule has 4 N–H and O–H groups in total. The van der Waals surface area contributed by atoms with Crippen LogP contribution in [0, 0.1) is 5.92 Å². The summed E-state index contributed by atoms with van der Waals surface area (Å²) in [5, 5.41) is 6.68. The molecule has 6 nitrogen and oxygen atoms in total. The Hall–Kier alpha value is -2.18. The minimum absolute atomic E-state index is 0. The van der Waals surface area contributed by atoms with E-state index in [0.29, 0.717) is 19.1 Å². The molecule has 1 amide bonds. The Kier molecular flexibility index (Phi) is 11.5. The molecule has 0 aromatic heterocycles. The molecule has 1 fully saturated rings. The number of carbonyl (C=O) groups excluding carboxylic acids is 2. The molecule has 1 saturated heterocycles. The van der Waals surface area contributed by atoms with E-state index in [1.165, 1.54) is 5.56 Å². The van der Waals surface area contributed by atoms with Crippen molar-refractivity contribution in [1.29, 1.82) is 0 Å². The summed E-state index contributed by atoms with van der Waals surface area (Å²) in [5.41, 5.74) is 7.35. The van der Waals surface area contributed by atoms with Gasteiger partial charge in [0.05, 0.1) is 6.04 Å². The molecule has 176 valence electrons. The fourth-order valence-electron chi connectivity index (χ4n) is 3.68. The summed E-state index contributed by atoms with van der Waals surface area (Å²) in [6.45, 7) is 17.2. The topological polar surface area (TPSA) is 87.5 Å². The summed E-state index contributed by atoms with van der Waals surface area (Å²) in [5.74, 6) is 0.210. The lowest BCUT2D eigenvalue weighted by Gasteiger charge is -2.32. The van der Waals surface area contributed by atoms with E-state index in [-0.39, 0.29) is 37.2 Å². The number of nitrogens with one attached hydrogen (secondary N) is 2. The molecule has 1 aromatic rings. The van der Waals surface area contributed by atoms with Gasteiger partial charge in [-0.2, -0.15) is 0 Å². The Morgan fingerprint density at radius 1 is 1.19 bits per heavy atom. The van der Waals surface area contributed by atoms with Gasteiger partial charge in [-0.1, -0.05) is 64.6 Å². The standard InChI is InChI=1S/C18H33N3O2.C7H9N.H2/c1-11(2)17(20-14(6)13(5)19-12(3)4)18(23)21-10-8-9-16(21)15(7)22;8-6-7-4-2-1-3-5-7;/h11-13,16-17,19-20H,6,8-10H2,1-5,7H3;1-5H,6,8H2;1H/t13-,16-,17-;;/m0../s1. The van der Waals surface area contributed by atoms with Crippen molar-refractivity contribution >= 4 is 11.7 Å². The van der Waals surface area contributed by atoms with E-state index in [1.54, 1.807) is 11.8 Å². The first-order chi connectivity index (χ1) is 14.6. The number of Topliss-reactive ketones (excluding diaryl/α,β-unsaturated/α-hetero) is 1. The fourth-order valence-corrected chi connectivity index (χ4v) is 3.68. The van der Waals surface area contributed by atoms with Crippen molar-refractivity contribution < 1.29 is 11.0 Å². The van der Waals surface area contributed by atoms with E-state index in [9.17, 15) is 9.59 Å². The van der Waals surface area contributed by atoms with Crippen molar-refractivity contribution in [3.63, 3.8) is 0 Å². The Balaban J connectivity index is 0.000000896. The molecule has 6 heteroatoms. The number of hydrogen-bond acceptors (Lipinski definition) is 5. The second kappa shape index (κ2) is 13.3. The molecule has 0 aliphatic carbocycles. The average Bonchev–Trinajstić information content (AvgIpc) is 3.22. The first-order valence-electron chi connectivity index (χ1n) is 11.3. The molecular weight excluding hydrogens is 388 g/mol. The molecule has 0 saturated carbocycles. The van der Waals surface area contributed by atoms with Gasteiger partial charge >= 0.3 is 0 Å². The molecular formula is C25H44N4O2. The van der Waals surface area contributed by atoms with Gasteiger partial charge in [0.15, 0.2) is 5.78 Å². The number of carbonyl (C=O) groups is 2. The molecule has 1 aliphatic heterocycles. The average molecular weight is 433 g/mol. The minimum Gasteiger partial charge on any atom is -0.376 e. The third-order valence-corrected chi connectivity index (χ3v) is 5.46. The van der Waals surface area contributed by atoms with E-state index >= 15 is 0 Å². The zero-order valence-corrected chi connectivity index (χ0v) is 20.2. The molecule has 0 radical (unpaired) electrons. The number of ketones is 1. The van der Waals surface area contributed by atoms with E-state index in [4.69, 9.17) is 5.73 Å². The summed E-state index contributed by atoms with van der Waals surface area (Å²) in [4.78, 5) is 26.4. The lowest BCUT2D eigenvalue weighted by atomic mass is 10.0. The van der Waals surface area contributed by atoms with Crippen molar-refractivity contribution in [2.24, 2.45) is 11.7 Å². The summed E-state index contributed by atoms with van der Waals surface area (Å²) >= 11 is 0. The molecule has 31 heavy (non-hydrogen) atoms. The van der Waals surface area contributed by atoms with Crippen LogP contribution in [0.5, 0.6) is 0 Å². The number of rotatable bonds is 9. The highest BCUT2D eigenvalue weighted by molar-refractivity contribution is 5.90. The van der Waals surface area contributed by atoms with Crippen molar-refractivity contribution in [1.82, 2.24) is 15.5 Å². The number of nitrogens with zero attached hydrogens (tertiary/aromatic N) is 1. The molecule has 0 unspecified atom stereocenters. The van der Waals surface area contributed by atoms with Gasteiger partial charge in [0.25, 0.3) is 0 Å². The van der Waals surface area contributed by atoms with Gasteiger partial charge in [-0.05, 0) is 38.2 Å². The van der Waals surface area contributed by atoms with Crippen LogP contribution < -0.4 is 16.4 Å². The highest BCUT2D eigenvalue weighted by Crippen LogP contribution is 2.21. The number of hydrogen-bond donors (Lipinski definition) is 3. The first kappa shape index (κ1) is 26.9. The second-order valence-electron chi connectivity index (χ2n) is 8.92. The van der Waals surface area contributed by atoms with Gasteiger partial charge in [0.1, 0.15) is 6.04 Å². The van der Waals surface area contributed by atoms with E-state index in [2.05, 4.69) is 31.1 Å². The van der Waals surface area contributed by atoms with Crippen molar-refractivity contribution in [3.8, 4) is 0 Å². The van der Waals surface area contributed by atoms with E-state index in [1.807, 2.05) is 51.1 Å². The monoisotopic (exact) mass is 432 g/mol. The molecule has 1 aliphatic rings. The predicted molar refractivity (Wildman–Crippen MR) is 130 cm³/mol. The summed E-state index contributed by atoms with van der Waals surface area (Å²) in [7, 11) is 0. The maximum absolute atomic E-state index is 12.9. The van der Waals surface area contributed by atoms with Gasteiger partial charge in [-0.3, -0.25) is 9.59 Å². The molecule has 1 heterocycles. The van der Waals surface area contributed by atoms with Crippen molar-refractivity contribution in [3.05, 3.63) is 48.2 Å². The van der Waals surface area contributed by atoms with Gasteiger partial charge in [0.2, 0.25) is 5.91 Å². The predicted octanol–water partition coefficient (Wildman–Crippen LogP) is 3.47. The zero-order valence-electron chi connectivity index (χ0n) is 20.2. The van der Waals surface area contributed by atoms with Crippen molar-refractivity contribution in [2.75, 3.05) is 6.54 Å². The van der Waals surface area contributed by atoms with Crippen LogP contribution in [-0.2, 0) is 16.1 Å². The molecule has 1 aromatic carbocycles. The quantitative estimate of drug-likeness (QED) is 0.556. The van der Waals surface area contributed by atoms with Gasteiger partial charge in [0, 0.05) is 32.3 Å². The fraction of sp³-hybridized carbons (Fsp3) is 0.600. The van der Waals surface area contributed by atoms with Crippen LogP contribution in [0.15, 0.2) is 42.6 Å². The lowest BCUT2D eigenvalue weighted by molar-refractivity contribution is -0.139. The van der Waals surface area contributed by atoms with Gasteiger partial charge in [-0.25, -0.2) is 0 Å². The molecule has 0 spiro atoms. The summed E-state index contributed by atoms with van der Waals surface area (Å²) in [6, 6.07) is 9.80. The molecule has 3 atom stereocenters. The van der Waals surface area contributed by atoms with Crippen LogP contribution >= 0.6 is 0 Å². The van der Waals surface area contributed by atoms with Gasteiger partial charge < -0.3 is 21.3 Å². The number of nitrogens with two attached hydrogens (primary N) is 1. The number of likely N-dealkylation sites (tertiary alicyclic amines) is 1. The van der Waals surface area contributed by atoms with Crippen LogP contribution in [0.3, 0.4) is 0 Å². The van der Waals surface area contributed by atoms with E-state index < -0.39 is 0 Å². The zero-order chi connectivity index (χ0) is 23.6. The van der Waals surface area contributed by atoms with Crippen LogP contribution in [0.25, 0.3) is 0 Å². The summed E-state index contributed by atoms with van der Waals surface area (Å²) in [6.07, 6.45) is 1.67. The Labute approximate surface area is 190 Å². The largest absolute Gasteiger partial charge is 0.376 e. The highest BCUT2D eigenvalue weighted by atomic mass is 16.2. The Morgan fingerprint density at radius 3 is 2.26 bits per heavy atom. The van der Waals surface area contributed by atoms with Crippen LogP contribution in [0.4, 0.5) is 0 Å². The van der Waals surface area contributed by atoms with Crippen molar-refractivity contribution in [2.45, 2.75) is 85.1 Å². The maximum Gasteiger partial charge on any atom is 0.245 e. The number of benzene rings is 1. The lowest BCUT2D eigenvalue weighted by Crippen LogP contribution is -2.53. The third-order valence-electron chi connectivity index (χ3n) is 5.46. The van der Waals surface area contributed by atoms with Gasteiger partial charge in [-0.15, -0.1) is 0 Å². The SMILES string of the molecule is C=C(N[C@H](C(=O)N1CCC[C@H]1C(C)=O)C(C)C)[C@H](C)NC(C)C.NCc1ccccc1.[HH]. The molecule has 2 rings (SSSR count). The Bertz CT molecular complexity index is 709. The minimum atomic E-state index is -0.348. The number of amides is 1. The van der Waals surface area contributed by atoms with E-state index in [0.717, 1.165) is 18.5 Å². The van der Waals surface area contributed by atoms with Crippen LogP contribution in [0.2, 0.25) is 0 Å². The third kappa shape index (κ3) is 8.83. The first-order valence-corrected chi connectivity index (χ1v) is 11.3. The normalized spacial score (nSPS) is 17.7. The second-order valence-corrected chi connectivity index (χ2v) is 8.92. The highest BCUT2D eigenvalue weighted by Gasteiger charge is 2.36. The Morgan fingerprint density at radius 2 is 1.81 bits per heavy atom. The summed E-state index contributed by atoms with van der Waals surface area (Å²) < 4.78 is 0. The molecule has 0 bridgehead atoms.